The first-order chi connectivity index (χ1) is 9.86. The lowest BCUT2D eigenvalue weighted by Crippen LogP contribution is -2.34. The predicted octanol–water partition coefficient (Wildman–Crippen LogP) is 4.99. The Morgan fingerprint density at radius 3 is 2.14 bits per heavy atom. The third-order valence-electron chi connectivity index (χ3n) is 4.71. The van der Waals surface area contributed by atoms with Crippen LogP contribution in [0, 0.1) is 11.8 Å². The van der Waals surface area contributed by atoms with Crippen LogP contribution < -0.4 is 5.19 Å². The summed E-state index contributed by atoms with van der Waals surface area (Å²) in [5, 5.41) is 1.21. The molecule has 0 radical (unpaired) electrons. The first-order valence-electron chi connectivity index (χ1n) is 8.03. The minimum Gasteiger partial charge on any atom is -0.166 e. The summed E-state index contributed by atoms with van der Waals surface area (Å²) in [7, 11) is -1.01. The van der Waals surface area contributed by atoms with E-state index in [1.165, 1.54) is 55.1 Å². The Labute approximate surface area is 127 Å². The molecule has 21 heavy (non-hydrogen) atoms. The van der Waals surface area contributed by atoms with Gasteiger partial charge in [0.15, 0.2) is 0 Å². The SMILES string of the molecule is CC(C)CC[C@H]1CC[Si@H](c2ccc(C(F)(F)F)cc2)CC1. The molecule has 4 heteroatoms. The molecule has 0 aromatic heterocycles. The van der Waals surface area contributed by atoms with E-state index in [0.717, 1.165) is 11.8 Å². The van der Waals surface area contributed by atoms with Gasteiger partial charge < -0.3 is 0 Å². The van der Waals surface area contributed by atoms with E-state index in [1.54, 1.807) is 12.1 Å². The van der Waals surface area contributed by atoms with Crippen LogP contribution in [0.1, 0.15) is 45.1 Å². The lowest BCUT2D eigenvalue weighted by molar-refractivity contribution is -0.137. The summed E-state index contributed by atoms with van der Waals surface area (Å²) in [4.78, 5) is 0. The molecule has 0 unspecified atom stereocenters. The van der Waals surface area contributed by atoms with Crippen molar-refractivity contribution in [1.29, 1.82) is 0 Å². The summed E-state index contributed by atoms with van der Waals surface area (Å²) < 4.78 is 37.7. The van der Waals surface area contributed by atoms with Crippen LogP contribution in [0.2, 0.25) is 12.1 Å². The molecule has 1 fully saturated rings. The summed E-state index contributed by atoms with van der Waals surface area (Å²) in [6, 6.07) is 8.49. The fourth-order valence-electron chi connectivity index (χ4n) is 3.30. The van der Waals surface area contributed by atoms with Gasteiger partial charge in [0.2, 0.25) is 0 Å². The number of halogens is 3. The maximum absolute atomic E-state index is 12.6. The molecule has 0 nitrogen and oxygen atoms in total. The lowest BCUT2D eigenvalue weighted by Gasteiger charge is -2.28. The highest BCUT2D eigenvalue weighted by atomic mass is 28.3. The zero-order chi connectivity index (χ0) is 15.5. The Hall–Kier alpha value is -0.773. The molecule has 0 N–H and O–H groups in total. The van der Waals surface area contributed by atoms with E-state index in [2.05, 4.69) is 13.8 Å². The third kappa shape index (κ3) is 4.87. The van der Waals surface area contributed by atoms with Gasteiger partial charge in [-0.3, -0.25) is 0 Å². The van der Waals surface area contributed by atoms with Crippen LogP contribution in [0.4, 0.5) is 13.2 Å². The first kappa shape index (κ1) is 16.6. The van der Waals surface area contributed by atoms with Crippen LogP contribution in [-0.4, -0.2) is 8.80 Å². The van der Waals surface area contributed by atoms with Gasteiger partial charge in [-0.2, -0.15) is 13.2 Å². The van der Waals surface area contributed by atoms with E-state index in [0.29, 0.717) is 0 Å². The molecule has 1 aromatic rings. The van der Waals surface area contributed by atoms with Gasteiger partial charge in [0, 0.05) is 0 Å². The normalized spacial score (nSPS) is 23.5. The van der Waals surface area contributed by atoms with Crippen molar-refractivity contribution in [1.82, 2.24) is 0 Å². The fourth-order valence-corrected chi connectivity index (χ4v) is 6.74. The zero-order valence-electron chi connectivity index (χ0n) is 12.9. The minimum absolute atomic E-state index is 0.522. The second kappa shape index (κ2) is 6.99. The van der Waals surface area contributed by atoms with Crippen LogP contribution >= 0.6 is 0 Å². The van der Waals surface area contributed by atoms with Gasteiger partial charge in [0.25, 0.3) is 0 Å². The van der Waals surface area contributed by atoms with Crippen LogP contribution in [0.3, 0.4) is 0 Å². The van der Waals surface area contributed by atoms with E-state index in [9.17, 15) is 13.2 Å². The molecule has 1 heterocycles. The van der Waals surface area contributed by atoms with Crippen molar-refractivity contribution >= 4 is 14.0 Å². The molecule has 0 atom stereocenters. The van der Waals surface area contributed by atoms with Gasteiger partial charge in [-0.1, -0.05) is 81.1 Å². The van der Waals surface area contributed by atoms with Crippen molar-refractivity contribution in [2.75, 3.05) is 0 Å². The fraction of sp³-hybridized carbons (Fsp3) is 0.647. The molecular formula is C17H25F3Si. The summed E-state index contributed by atoms with van der Waals surface area (Å²) in [6.45, 7) is 4.53. The Balaban J connectivity index is 1.87. The number of hydrogen-bond acceptors (Lipinski definition) is 0. The number of alkyl halides is 3. The Morgan fingerprint density at radius 1 is 1.10 bits per heavy atom. The van der Waals surface area contributed by atoms with Crippen molar-refractivity contribution in [3.8, 4) is 0 Å². The molecule has 0 amide bonds. The quantitative estimate of drug-likeness (QED) is 0.687. The average Bonchev–Trinajstić information content (AvgIpc) is 2.45. The molecule has 0 spiro atoms. The van der Waals surface area contributed by atoms with E-state index in [-0.39, 0.29) is 0 Å². The topological polar surface area (TPSA) is 0 Å². The van der Waals surface area contributed by atoms with Gasteiger partial charge >= 0.3 is 6.18 Å². The molecule has 0 saturated carbocycles. The van der Waals surface area contributed by atoms with E-state index >= 15 is 0 Å². The van der Waals surface area contributed by atoms with Gasteiger partial charge in [-0.05, 0) is 11.8 Å². The standard InChI is InChI=1S/C17H25F3Si/c1-13(2)3-4-14-9-11-21(12-10-14)16-7-5-15(6-8-16)17(18,19)20/h5-8,13-14,21H,3-4,9-12H2,1-2H3/t14-,21-. The van der Waals surface area contributed by atoms with Crippen molar-refractivity contribution in [2.45, 2.75) is 57.8 Å². The first-order valence-corrected chi connectivity index (χ1v) is 10.2. The number of hydrogen-bond donors (Lipinski definition) is 0. The van der Waals surface area contributed by atoms with E-state index < -0.39 is 20.5 Å². The van der Waals surface area contributed by atoms with Crippen LogP contribution in [0.15, 0.2) is 24.3 Å². The molecule has 1 saturated heterocycles. The van der Waals surface area contributed by atoms with Crippen molar-refractivity contribution < 1.29 is 13.2 Å². The summed E-state index contributed by atoms with van der Waals surface area (Å²) in [6.07, 6.45) is 0.979. The lowest BCUT2D eigenvalue weighted by atomic mass is 9.93. The van der Waals surface area contributed by atoms with Crippen LogP contribution in [0.25, 0.3) is 0 Å². The smallest absolute Gasteiger partial charge is 0.166 e. The molecule has 118 valence electrons. The zero-order valence-corrected chi connectivity index (χ0v) is 14.1. The Morgan fingerprint density at radius 2 is 1.67 bits per heavy atom. The number of rotatable bonds is 4. The van der Waals surface area contributed by atoms with E-state index in [1.807, 2.05) is 0 Å². The monoisotopic (exact) mass is 314 g/mol. The predicted molar refractivity (Wildman–Crippen MR) is 84.6 cm³/mol. The minimum atomic E-state index is -4.21. The molecule has 1 aliphatic heterocycles. The number of benzene rings is 1. The Kier molecular flexibility index (Phi) is 5.52. The largest absolute Gasteiger partial charge is 0.416 e. The highest BCUT2D eigenvalue weighted by molar-refractivity contribution is 6.73. The molecular weight excluding hydrogens is 289 g/mol. The summed E-state index contributed by atoms with van der Waals surface area (Å²) >= 11 is 0. The highest BCUT2D eigenvalue weighted by Gasteiger charge is 2.30. The maximum atomic E-state index is 12.6. The van der Waals surface area contributed by atoms with Gasteiger partial charge in [-0.25, -0.2) is 0 Å². The van der Waals surface area contributed by atoms with Gasteiger partial charge in [-0.15, -0.1) is 0 Å². The highest BCUT2D eigenvalue weighted by Crippen LogP contribution is 2.31. The average molecular weight is 314 g/mol. The van der Waals surface area contributed by atoms with Crippen LogP contribution in [-0.2, 0) is 6.18 Å². The third-order valence-corrected chi connectivity index (χ3v) is 8.10. The van der Waals surface area contributed by atoms with E-state index in [4.69, 9.17) is 0 Å². The second-order valence-electron chi connectivity index (χ2n) is 6.81. The van der Waals surface area contributed by atoms with Gasteiger partial charge in [0.1, 0.15) is 0 Å². The second-order valence-corrected chi connectivity index (χ2v) is 10.0. The maximum Gasteiger partial charge on any atom is 0.416 e. The molecule has 0 bridgehead atoms. The van der Waals surface area contributed by atoms with Crippen molar-refractivity contribution in [3.05, 3.63) is 29.8 Å². The Bertz CT molecular complexity index is 428. The molecule has 1 aliphatic rings. The van der Waals surface area contributed by atoms with Gasteiger partial charge in [0.05, 0.1) is 14.4 Å². The molecule has 0 aliphatic carbocycles. The summed E-state index contributed by atoms with van der Waals surface area (Å²) in [5.74, 6) is 1.63. The van der Waals surface area contributed by atoms with Crippen molar-refractivity contribution in [2.24, 2.45) is 11.8 Å². The van der Waals surface area contributed by atoms with Crippen molar-refractivity contribution in [3.63, 3.8) is 0 Å². The summed E-state index contributed by atoms with van der Waals surface area (Å²) in [5.41, 5.74) is -0.522. The van der Waals surface area contributed by atoms with Crippen LogP contribution in [0.5, 0.6) is 0 Å². The molecule has 1 aromatic carbocycles. The molecule has 2 rings (SSSR count).